The molecule has 1 heterocycles. The Morgan fingerprint density at radius 1 is 1.19 bits per heavy atom. The van der Waals surface area contributed by atoms with Crippen molar-refractivity contribution in [3.63, 3.8) is 0 Å². The standard InChI is InChI=1S/C19H20N4O3S/c1-23(27(2,25)26)15-5-3-4-13(10-15)14-8-9-16-17(11-14)21-22-18(16)20-19(24)12-6-7-12/h3-5,8-12H,6-7H2,1-2H3,(H2,20,21,22,24). The molecule has 0 radical (unpaired) electrons. The van der Waals surface area contributed by atoms with E-state index in [0.717, 1.165) is 34.9 Å². The highest BCUT2D eigenvalue weighted by molar-refractivity contribution is 7.92. The van der Waals surface area contributed by atoms with Crippen LogP contribution >= 0.6 is 0 Å². The van der Waals surface area contributed by atoms with E-state index in [0.29, 0.717) is 11.5 Å². The van der Waals surface area contributed by atoms with E-state index in [1.165, 1.54) is 17.6 Å². The van der Waals surface area contributed by atoms with Gasteiger partial charge in [0.15, 0.2) is 5.82 Å². The number of hydrogen-bond donors (Lipinski definition) is 2. The van der Waals surface area contributed by atoms with Crippen LogP contribution in [0.3, 0.4) is 0 Å². The maximum atomic E-state index is 12.0. The number of hydrogen-bond acceptors (Lipinski definition) is 4. The molecule has 7 nitrogen and oxygen atoms in total. The molecule has 3 aromatic rings. The van der Waals surface area contributed by atoms with E-state index in [1.807, 2.05) is 36.4 Å². The number of sulfonamides is 1. The molecule has 1 aromatic heterocycles. The van der Waals surface area contributed by atoms with Gasteiger partial charge in [-0.3, -0.25) is 14.2 Å². The lowest BCUT2D eigenvalue weighted by atomic mass is 10.0. The molecule has 8 heteroatoms. The van der Waals surface area contributed by atoms with Crippen LogP contribution in [0.15, 0.2) is 42.5 Å². The van der Waals surface area contributed by atoms with Gasteiger partial charge < -0.3 is 5.32 Å². The van der Waals surface area contributed by atoms with Crippen molar-refractivity contribution in [3.8, 4) is 11.1 Å². The predicted molar refractivity (Wildman–Crippen MR) is 106 cm³/mol. The van der Waals surface area contributed by atoms with Crippen LogP contribution in [-0.4, -0.2) is 37.8 Å². The third-order valence-corrected chi connectivity index (χ3v) is 6.00. The molecule has 2 aromatic carbocycles. The minimum Gasteiger partial charge on any atom is -0.308 e. The summed E-state index contributed by atoms with van der Waals surface area (Å²) in [7, 11) is -1.79. The second kappa shape index (κ2) is 6.38. The summed E-state index contributed by atoms with van der Waals surface area (Å²) in [5.74, 6) is 0.675. The van der Waals surface area contributed by atoms with E-state index < -0.39 is 10.0 Å². The normalized spacial score (nSPS) is 14.3. The zero-order valence-corrected chi connectivity index (χ0v) is 15.9. The molecule has 140 valence electrons. The second-order valence-electron chi connectivity index (χ2n) is 6.88. The Morgan fingerprint density at radius 3 is 2.63 bits per heavy atom. The highest BCUT2D eigenvalue weighted by Gasteiger charge is 2.30. The first-order chi connectivity index (χ1) is 12.8. The van der Waals surface area contributed by atoms with E-state index in [-0.39, 0.29) is 11.8 Å². The van der Waals surface area contributed by atoms with Crippen molar-refractivity contribution in [2.24, 2.45) is 5.92 Å². The van der Waals surface area contributed by atoms with Crippen molar-refractivity contribution < 1.29 is 13.2 Å². The topological polar surface area (TPSA) is 95.2 Å². The Balaban J connectivity index is 1.65. The van der Waals surface area contributed by atoms with Gasteiger partial charge in [-0.05, 0) is 48.2 Å². The summed E-state index contributed by atoms with van der Waals surface area (Å²) >= 11 is 0. The van der Waals surface area contributed by atoms with Gasteiger partial charge in [0, 0.05) is 18.4 Å². The molecule has 27 heavy (non-hydrogen) atoms. The summed E-state index contributed by atoms with van der Waals surface area (Å²) in [5.41, 5.74) is 3.22. The first-order valence-corrected chi connectivity index (χ1v) is 10.5. The summed E-state index contributed by atoms with van der Waals surface area (Å²) in [6.07, 6.45) is 3.06. The molecule has 0 saturated heterocycles. The fourth-order valence-electron chi connectivity index (χ4n) is 2.93. The molecule has 1 saturated carbocycles. The average molecular weight is 384 g/mol. The minimum absolute atomic E-state index is 0.0176. The van der Waals surface area contributed by atoms with Crippen LogP contribution in [0.1, 0.15) is 12.8 Å². The number of nitrogens with one attached hydrogen (secondary N) is 2. The van der Waals surface area contributed by atoms with Crippen molar-refractivity contribution >= 4 is 38.3 Å². The molecule has 1 fully saturated rings. The molecule has 2 N–H and O–H groups in total. The maximum Gasteiger partial charge on any atom is 0.231 e. The number of carbonyl (C=O) groups is 1. The van der Waals surface area contributed by atoms with E-state index >= 15 is 0 Å². The van der Waals surface area contributed by atoms with Crippen LogP contribution in [0.25, 0.3) is 22.0 Å². The molecule has 0 bridgehead atoms. The fourth-order valence-corrected chi connectivity index (χ4v) is 3.43. The number of H-pyrrole nitrogens is 1. The molecule has 4 rings (SSSR count). The summed E-state index contributed by atoms with van der Waals surface area (Å²) in [6.45, 7) is 0. The van der Waals surface area contributed by atoms with Crippen LogP contribution in [0.4, 0.5) is 11.5 Å². The number of aromatic amines is 1. The minimum atomic E-state index is -3.32. The van der Waals surface area contributed by atoms with Crippen molar-refractivity contribution in [1.29, 1.82) is 0 Å². The smallest absolute Gasteiger partial charge is 0.231 e. The average Bonchev–Trinajstić information content (AvgIpc) is 3.43. The second-order valence-corrected chi connectivity index (χ2v) is 8.89. The Labute approximate surface area is 157 Å². The number of amides is 1. The number of fused-ring (bicyclic) bond motifs is 1. The summed E-state index contributed by atoms with van der Waals surface area (Å²) in [5, 5.41) is 10.9. The molecule has 0 spiro atoms. The number of carbonyl (C=O) groups excluding carboxylic acids is 1. The maximum absolute atomic E-state index is 12.0. The van der Waals surface area contributed by atoms with E-state index in [4.69, 9.17) is 0 Å². The van der Waals surface area contributed by atoms with Crippen LogP contribution in [0, 0.1) is 5.92 Å². The van der Waals surface area contributed by atoms with Gasteiger partial charge in [-0.15, -0.1) is 0 Å². The summed E-state index contributed by atoms with van der Waals surface area (Å²) in [4.78, 5) is 12.0. The fraction of sp³-hybridized carbons (Fsp3) is 0.263. The molecule has 1 aliphatic carbocycles. The van der Waals surface area contributed by atoms with Gasteiger partial charge in [0.05, 0.1) is 17.5 Å². The third-order valence-electron chi connectivity index (χ3n) is 4.79. The van der Waals surface area contributed by atoms with Crippen molar-refractivity contribution in [3.05, 3.63) is 42.5 Å². The van der Waals surface area contributed by atoms with Gasteiger partial charge in [0.1, 0.15) is 0 Å². The molecule has 0 unspecified atom stereocenters. The lowest BCUT2D eigenvalue weighted by Crippen LogP contribution is -2.24. The van der Waals surface area contributed by atoms with Crippen LogP contribution in [-0.2, 0) is 14.8 Å². The molecule has 1 amide bonds. The zero-order chi connectivity index (χ0) is 19.2. The third kappa shape index (κ3) is 3.52. The Bertz CT molecular complexity index is 1130. The Morgan fingerprint density at radius 2 is 1.93 bits per heavy atom. The van der Waals surface area contributed by atoms with Crippen molar-refractivity contribution in [1.82, 2.24) is 10.2 Å². The molecule has 0 aliphatic heterocycles. The summed E-state index contributed by atoms with van der Waals surface area (Å²) in [6, 6.07) is 13.1. The highest BCUT2D eigenvalue weighted by Crippen LogP contribution is 2.32. The lowest BCUT2D eigenvalue weighted by Gasteiger charge is -2.17. The van der Waals surface area contributed by atoms with Crippen molar-refractivity contribution in [2.75, 3.05) is 22.9 Å². The monoisotopic (exact) mass is 384 g/mol. The van der Waals surface area contributed by atoms with Gasteiger partial charge in [-0.2, -0.15) is 5.10 Å². The van der Waals surface area contributed by atoms with E-state index in [2.05, 4.69) is 15.5 Å². The van der Waals surface area contributed by atoms with Crippen molar-refractivity contribution in [2.45, 2.75) is 12.8 Å². The first kappa shape index (κ1) is 17.5. The van der Waals surface area contributed by atoms with Gasteiger partial charge >= 0.3 is 0 Å². The molecular formula is C19H20N4O3S. The molecular weight excluding hydrogens is 364 g/mol. The van der Waals surface area contributed by atoms with Gasteiger partial charge in [0.25, 0.3) is 0 Å². The quantitative estimate of drug-likeness (QED) is 0.707. The lowest BCUT2D eigenvalue weighted by molar-refractivity contribution is -0.117. The molecule has 1 aliphatic rings. The summed E-state index contributed by atoms with van der Waals surface area (Å²) < 4.78 is 24.8. The highest BCUT2D eigenvalue weighted by atomic mass is 32.2. The predicted octanol–water partition coefficient (Wildman–Crippen LogP) is 2.97. The number of nitrogens with zero attached hydrogens (tertiary/aromatic N) is 2. The zero-order valence-electron chi connectivity index (χ0n) is 15.1. The molecule has 0 atom stereocenters. The number of aromatic nitrogens is 2. The van der Waals surface area contributed by atoms with E-state index in [1.54, 1.807) is 6.07 Å². The number of anilines is 2. The SMILES string of the molecule is CN(c1cccc(-c2ccc3c(NC(=O)C4CC4)n[nH]c3c2)c1)S(C)(=O)=O. The van der Waals surface area contributed by atoms with Crippen LogP contribution in [0.2, 0.25) is 0 Å². The van der Waals surface area contributed by atoms with Gasteiger partial charge in [-0.1, -0.05) is 18.2 Å². The largest absolute Gasteiger partial charge is 0.308 e. The number of rotatable bonds is 5. The Kier molecular flexibility index (Phi) is 4.15. The van der Waals surface area contributed by atoms with E-state index in [9.17, 15) is 13.2 Å². The van der Waals surface area contributed by atoms with Gasteiger partial charge in [-0.25, -0.2) is 8.42 Å². The Hall–Kier alpha value is -2.87. The van der Waals surface area contributed by atoms with Crippen LogP contribution < -0.4 is 9.62 Å². The van der Waals surface area contributed by atoms with Crippen LogP contribution in [0.5, 0.6) is 0 Å². The first-order valence-electron chi connectivity index (χ1n) is 8.66. The van der Waals surface area contributed by atoms with Gasteiger partial charge in [0.2, 0.25) is 15.9 Å². The number of benzene rings is 2.